The van der Waals surface area contributed by atoms with E-state index in [9.17, 15) is 5.11 Å². The Kier molecular flexibility index (Phi) is 4.30. The minimum atomic E-state index is -0.516. The Morgan fingerprint density at radius 1 is 0.906 bits per heavy atom. The van der Waals surface area contributed by atoms with E-state index in [1.165, 1.54) is 6.42 Å². The van der Waals surface area contributed by atoms with Crippen molar-refractivity contribution in [1.29, 1.82) is 0 Å². The molecule has 4 aliphatic carbocycles. The first-order valence-electron chi connectivity index (χ1n) is 13.2. The van der Waals surface area contributed by atoms with E-state index in [1.54, 1.807) is 0 Å². The fourth-order valence-electron chi connectivity index (χ4n) is 9.13. The molecule has 2 bridgehead atoms. The summed E-state index contributed by atoms with van der Waals surface area (Å²) in [5.41, 5.74) is -1.50. The molecule has 0 aromatic carbocycles. The van der Waals surface area contributed by atoms with Gasteiger partial charge in [-0.1, -0.05) is 53.7 Å². The Bertz CT molecular complexity index is 881. The van der Waals surface area contributed by atoms with Crippen molar-refractivity contribution in [3.05, 3.63) is 24.3 Å². The van der Waals surface area contributed by atoms with Gasteiger partial charge in [0.25, 0.3) is 0 Å². The first-order chi connectivity index (χ1) is 15.0. The molecule has 4 heteroatoms. The van der Waals surface area contributed by atoms with Crippen molar-refractivity contribution < 1.29 is 19.6 Å². The van der Waals surface area contributed by atoms with Crippen molar-refractivity contribution in [1.82, 2.24) is 0 Å². The van der Waals surface area contributed by atoms with E-state index in [-0.39, 0.29) is 28.1 Å². The lowest BCUT2D eigenvalue weighted by Gasteiger charge is -2.58. The van der Waals surface area contributed by atoms with Gasteiger partial charge in [-0.05, 0) is 74.3 Å². The summed E-state index contributed by atoms with van der Waals surface area (Å²) in [6.45, 7) is 14.2. The Hall–Kier alpha value is -0.680. The third-order valence-electron chi connectivity index (χ3n) is 11.7. The van der Waals surface area contributed by atoms with E-state index in [0.29, 0.717) is 30.1 Å². The van der Waals surface area contributed by atoms with Gasteiger partial charge in [0.15, 0.2) is 0 Å². The van der Waals surface area contributed by atoms with Crippen LogP contribution in [-0.4, -0.2) is 33.6 Å². The van der Waals surface area contributed by atoms with Crippen LogP contribution in [0.2, 0.25) is 0 Å². The molecule has 4 nitrogen and oxygen atoms in total. The van der Waals surface area contributed by atoms with Crippen LogP contribution in [0.1, 0.15) is 86.5 Å². The highest BCUT2D eigenvalue weighted by molar-refractivity contribution is 5.49. The number of aliphatic hydroxyl groups is 1. The molecule has 0 aromatic heterocycles. The van der Waals surface area contributed by atoms with Crippen molar-refractivity contribution in [3.8, 4) is 0 Å². The smallest absolute Gasteiger partial charge is 0.149 e. The van der Waals surface area contributed by atoms with E-state index < -0.39 is 11.2 Å². The van der Waals surface area contributed by atoms with Gasteiger partial charge in [-0.15, -0.1) is 0 Å². The third-order valence-corrected chi connectivity index (χ3v) is 11.7. The molecule has 5 fully saturated rings. The predicted molar refractivity (Wildman–Crippen MR) is 124 cm³/mol. The predicted octanol–water partition coefficient (Wildman–Crippen LogP) is 5.75. The van der Waals surface area contributed by atoms with E-state index in [0.717, 1.165) is 32.1 Å². The Balaban J connectivity index is 1.36. The van der Waals surface area contributed by atoms with Gasteiger partial charge in [0.2, 0.25) is 0 Å². The van der Waals surface area contributed by atoms with Crippen LogP contribution in [0.15, 0.2) is 24.3 Å². The molecule has 1 N–H and O–H groups in total. The number of hydrogen-bond acceptors (Lipinski definition) is 4. The van der Waals surface area contributed by atoms with Crippen LogP contribution >= 0.6 is 0 Å². The second-order valence-electron chi connectivity index (χ2n) is 13.0. The third kappa shape index (κ3) is 2.12. The monoisotopic (exact) mass is 442 g/mol. The zero-order valence-corrected chi connectivity index (χ0v) is 20.8. The average Bonchev–Trinajstić information content (AvgIpc) is 3.29. The lowest BCUT2D eigenvalue weighted by molar-refractivity contribution is -0.352. The molecular weight excluding hydrogens is 400 g/mol. The standard InChI is InChI=1S/C28H42O4/c1-18(2)19(3)7-8-20(4)22-10-12-26-23(22,5)13-15-27-24(6)11-9-21(29)17-25(24,31-32-27)14-16-28(26,27)30-26/h7-8,14,16,18-22,29H,9-13,15,17H2,1-6H3/b8-7+/t19-,20?,21-,22+,23+,24-,25+,26+,27-,28+/m0/s1. The summed E-state index contributed by atoms with van der Waals surface area (Å²) in [6.07, 6.45) is 15.9. The average molecular weight is 443 g/mol. The Labute approximate surface area is 193 Å². The summed E-state index contributed by atoms with van der Waals surface area (Å²) >= 11 is 0. The first kappa shape index (κ1) is 21.8. The molecule has 6 aliphatic rings. The molecule has 2 saturated heterocycles. The molecule has 0 amide bonds. The molecule has 10 atom stereocenters. The van der Waals surface area contributed by atoms with Crippen molar-refractivity contribution in [2.75, 3.05) is 0 Å². The lowest BCUT2D eigenvalue weighted by atomic mass is 9.43. The van der Waals surface area contributed by atoms with Gasteiger partial charge in [0, 0.05) is 17.3 Å². The van der Waals surface area contributed by atoms with Gasteiger partial charge in [-0.2, -0.15) is 0 Å². The van der Waals surface area contributed by atoms with E-state index in [2.05, 4.69) is 65.8 Å². The largest absolute Gasteiger partial charge is 0.393 e. The summed E-state index contributed by atoms with van der Waals surface area (Å²) < 4.78 is 7.01. The van der Waals surface area contributed by atoms with Crippen LogP contribution in [0.5, 0.6) is 0 Å². The van der Waals surface area contributed by atoms with Crippen LogP contribution in [-0.2, 0) is 14.5 Å². The second kappa shape index (κ2) is 6.30. The fourth-order valence-corrected chi connectivity index (χ4v) is 9.13. The zero-order chi connectivity index (χ0) is 22.8. The minimum absolute atomic E-state index is 0.143. The van der Waals surface area contributed by atoms with E-state index in [4.69, 9.17) is 14.5 Å². The molecule has 0 radical (unpaired) electrons. The minimum Gasteiger partial charge on any atom is -0.393 e. The summed E-state index contributed by atoms with van der Waals surface area (Å²) in [4.78, 5) is 12.6. The summed E-state index contributed by atoms with van der Waals surface area (Å²) in [7, 11) is 0. The molecule has 178 valence electrons. The zero-order valence-electron chi connectivity index (χ0n) is 20.8. The SMILES string of the molecule is CC(/C=C/[C@H](C)C(C)C)[C@H]1CC[C@]23O[C@]24C=C[C@@]25C[C@@H](O)CC[C@]2(C)[C@]4(CC[C@]13C)OO5. The Morgan fingerprint density at radius 3 is 2.44 bits per heavy atom. The number of epoxide rings is 1. The maximum Gasteiger partial charge on any atom is 0.149 e. The van der Waals surface area contributed by atoms with Crippen LogP contribution in [0.3, 0.4) is 0 Å². The first-order valence-corrected chi connectivity index (χ1v) is 13.2. The molecule has 2 heterocycles. The Morgan fingerprint density at radius 2 is 1.69 bits per heavy atom. The van der Waals surface area contributed by atoms with Gasteiger partial charge in [0.05, 0.1) is 6.10 Å². The normalized spacial score (nSPS) is 57.1. The quantitative estimate of drug-likeness (QED) is 0.342. The second-order valence-corrected chi connectivity index (χ2v) is 13.0. The van der Waals surface area contributed by atoms with Gasteiger partial charge >= 0.3 is 0 Å². The van der Waals surface area contributed by atoms with E-state index in [1.807, 2.05) is 0 Å². The molecule has 0 aromatic rings. The fraction of sp³-hybridized carbons (Fsp3) is 0.857. The topological polar surface area (TPSA) is 51.2 Å². The van der Waals surface area contributed by atoms with Crippen LogP contribution < -0.4 is 0 Å². The van der Waals surface area contributed by atoms with Gasteiger partial charge < -0.3 is 9.84 Å². The van der Waals surface area contributed by atoms with Crippen LogP contribution in [0.4, 0.5) is 0 Å². The number of aliphatic hydroxyl groups excluding tert-OH is 1. The number of rotatable bonds is 4. The molecule has 6 rings (SSSR count). The van der Waals surface area contributed by atoms with E-state index >= 15 is 0 Å². The number of hydrogen-bond donors (Lipinski definition) is 1. The lowest BCUT2D eigenvalue weighted by Crippen LogP contribution is -2.69. The summed E-state index contributed by atoms with van der Waals surface area (Å²) in [6, 6.07) is 0. The highest BCUT2D eigenvalue weighted by Crippen LogP contribution is 2.84. The van der Waals surface area contributed by atoms with Gasteiger partial charge in [0.1, 0.15) is 22.4 Å². The molecule has 3 spiro atoms. The molecule has 3 saturated carbocycles. The van der Waals surface area contributed by atoms with Crippen molar-refractivity contribution in [2.24, 2.45) is 34.5 Å². The molecule has 1 unspecified atom stereocenters. The highest BCUT2D eigenvalue weighted by Gasteiger charge is 2.94. The molecule has 2 aliphatic heterocycles. The van der Waals surface area contributed by atoms with Crippen molar-refractivity contribution >= 4 is 0 Å². The van der Waals surface area contributed by atoms with Crippen molar-refractivity contribution in [3.63, 3.8) is 0 Å². The highest BCUT2D eigenvalue weighted by atomic mass is 17.2. The van der Waals surface area contributed by atoms with Crippen LogP contribution in [0, 0.1) is 34.5 Å². The maximum atomic E-state index is 10.4. The summed E-state index contributed by atoms with van der Waals surface area (Å²) in [5, 5.41) is 10.4. The van der Waals surface area contributed by atoms with Gasteiger partial charge in [-0.3, -0.25) is 0 Å². The molecular formula is C28H42O4. The van der Waals surface area contributed by atoms with Crippen LogP contribution in [0.25, 0.3) is 0 Å². The maximum absolute atomic E-state index is 10.4. The summed E-state index contributed by atoms with van der Waals surface area (Å²) in [5.74, 6) is 2.45. The number of ether oxygens (including phenoxy) is 1. The van der Waals surface area contributed by atoms with Crippen molar-refractivity contribution in [2.45, 2.75) is 115 Å². The number of allylic oxidation sites excluding steroid dienone is 2. The molecule has 32 heavy (non-hydrogen) atoms. The van der Waals surface area contributed by atoms with Gasteiger partial charge in [-0.25, -0.2) is 9.78 Å².